The van der Waals surface area contributed by atoms with Gasteiger partial charge in [0, 0.05) is 23.6 Å². The average Bonchev–Trinajstić information content (AvgIpc) is 2.29. The van der Waals surface area contributed by atoms with Crippen LogP contribution in [0.4, 0.5) is 4.39 Å². The van der Waals surface area contributed by atoms with Crippen LogP contribution in [0.15, 0.2) is 42.6 Å². The molecule has 0 saturated heterocycles. The van der Waals surface area contributed by atoms with E-state index in [-0.39, 0.29) is 70.6 Å². The molecule has 1 aromatic carbocycles. The molecule has 2 rings (SSSR count). The number of nitrogens with zero attached hydrogens (tertiary/aromatic N) is 1. The van der Waals surface area contributed by atoms with E-state index < -0.39 is 13.8 Å². The Morgan fingerprint density at radius 3 is 2.00 bits per heavy atom. The van der Waals surface area contributed by atoms with E-state index in [9.17, 15) is 18.7 Å². The Bertz CT molecular complexity index is 587. The maximum Gasteiger partial charge on any atom is 1.00 e. The van der Waals surface area contributed by atoms with Gasteiger partial charge in [-0.05, 0) is 23.8 Å². The van der Waals surface area contributed by atoms with Crippen LogP contribution in [0, 0.1) is 5.82 Å². The van der Waals surface area contributed by atoms with E-state index in [2.05, 4.69) is 4.98 Å². The van der Waals surface area contributed by atoms with Crippen molar-refractivity contribution in [2.45, 2.75) is 6.16 Å². The molecule has 0 saturated carbocycles. The van der Waals surface area contributed by atoms with Gasteiger partial charge in [-0.3, -0.25) is 4.98 Å². The summed E-state index contributed by atoms with van der Waals surface area (Å²) in [5, 5.41) is 0. The van der Waals surface area contributed by atoms with Gasteiger partial charge in [-0.15, -0.1) is 0 Å². The second kappa shape index (κ2) is 8.79. The predicted octanol–water partition coefficient (Wildman–Crippen LogP) is -4.69. The van der Waals surface area contributed by atoms with Crippen LogP contribution in [0.3, 0.4) is 0 Å². The molecule has 0 atom stereocenters. The van der Waals surface area contributed by atoms with Gasteiger partial charge in [0.1, 0.15) is 5.82 Å². The molecule has 0 unspecified atom stereocenters. The van der Waals surface area contributed by atoms with Gasteiger partial charge in [0.25, 0.3) is 0 Å². The fourth-order valence-corrected chi connectivity index (χ4v) is 2.11. The molecular formula is C12H9FNNa2O3P. The minimum atomic E-state index is -4.59. The van der Waals surface area contributed by atoms with Crippen molar-refractivity contribution in [3.05, 3.63) is 54.1 Å². The van der Waals surface area contributed by atoms with E-state index in [1.165, 1.54) is 24.4 Å². The van der Waals surface area contributed by atoms with Crippen LogP contribution in [0.1, 0.15) is 5.69 Å². The summed E-state index contributed by atoms with van der Waals surface area (Å²) in [4.78, 5) is 25.1. The molecule has 4 nitrogen and oxygen atoms in total. The maximum atomic E-state index is 12.7. The zero-order valence-electron chi connectivity index (χ0n) is 11.2. The Hall–Kier alpha value is 0.450. The largest absolute Gasteiger partial charge is 1.00 e. The van der Waals surface area contributed by atoms with Crippen molar-refractivity contribution in [2.75, 3.05) is 0 Å². The van der Waals surface area contributed by atoms with Crippen LogP contribution in [-0.4, -0.2) is 4.98 Å². The first kappa shape index (κ1) is 20.5. The zero-order valence-corrected chi connectivity index (χ0v) is 16.1. The third kappa shape index (κ3) is 6.48. The van der Waals surface area contributed by atoms with E-state index in [4.69, 9.17) is 0 Å². The van der Waals surface area contributed by atoms with Gasteiger partial charge >= 0.3 is 59.1 Å². The molecular weight excluding hydrogens is 302 g/mol. The molecule has 0 bridgehead atoms. The molecule has 0 aliphatic rings. The molecule has 0 N–H and O–H groups in total. The average molecular weight is 311 g/mol. The molecule has 0 aliphatic heterocycles. The molecule has 94 valence electrons. The molecule has 0 radical (unpaired) electrons. The Balaban J connectivity index is 0.00000180. The predicted molar refractivity (Wildman–Crippen MR) is 60.9 cm³/mol. The van der Waals surface area contributed by atoms with Crippen molar-refractivity contribution >= 4 is 7.60 Å². The molecule has 1 aromatic heterocycles. The molecule has 20 heavy (non-hydrogen) atoms. The number of rotatable bonds is 3. The van der Waals surface area contributed by atoms with Gasteiger partial charge in [0.05, 0.1) is 0 Å². The second-order valence-corrected chi connectivity index (χ2v) is 5.35. The number of aromatic nitrogens is 1. The van der Waals surface area contributed by atoms with Gasteiger partial charge in [-0.25, -0.2) is 4.39 Å². The van der Waals surface area contributed by atoms with Crippen LogP contribution in [-0.2, 0) is 10.7 Å². The first-order chi connectivity index (χ1) is 8.44. The van der Waals surface area contributed by atoms with E-state index in [0.29, 0.717) is 0 Å². The third-order valence-electron chi connectivity index (χ3n) is 2.36. The SMILES string of the molecule is O=P([O-])([O-])Cc1ccc(-c2ccc(F)cc2)cn1.[Na+].[Na+]. The summed E-state index contributed by atoms with van der Waals surface area (Å²) in [5.74, 6) is -0.332. The van der Waals surface area contributed by atoms with Gasteiger partial charge in [0.2, 0.25) is 0 Å². The fraction of sp³-hybridized carbons (Fsp3) is 0.0833. The minimum absolute atomic E-state index is 0. The van der Waals surface area contributed by atoms with Crippen molar-refractivity contribution in [2.24, 2.45) is 0 Å². The van der Waals surface area contributed by atoms with Gasteiger partial charge in [0.15, 0.2) is 0 Å². The first-order valence-electron chi connectivity index (χ1n) is 5.16. The third-order valence-corrected chi connectivity index (χ3v) is 3.07. The number of hydrogen-bond donors (Lipinski definition) is 0. The molecule has 0 fully saturated rings. The van der Waals surface area contributed by atoms with Crippen LogP contribution < -0.4 is 68.9 Å². The van der Waals surface area contributed by atoms with Crippen molar-refractivity contribution in [1.82, 2.24) is 4.98 Å². The van der Waals surface area contributed by atoms with Gasteiger partial charge in [-0.2, -0.15) is 0 Å². The number of hydrogen-bond acceptors (Lipinski definition) is 4. The van der Waals surface area contributed by atoms with Crippen molar-refractivity contribution in [3.63, 3.8) is 0 Å². The normalized spacial score (nSPS) is 10.3. The molecule has 0 amide bonds. The summed E-state index contributed by atoms with van der Waals surface area (Å²) in [6, 6.07) is 8.96. The summed E-state index contributed by atoms with van der Waals surface area (Å²) in [5.41, 5.74) is 1.70. The molecule has 0 spiro atoms. The van der Waals surface area contributed by atoms with E-state index in [1.807, 2.05) is 0 Å². The smallest absolute Gasteiger partial charge is 0.810 e. The Labute approximate surface area is 160 Å². The number of pyridine rings is 1. The van der Waals surface area contributed by atoms with Gasteiger partial charge in [-0.1, -0.05) is 25.8 Å². The monoisotopic (exact) mass is 311 g/mol. The Kier molecular flexibility index (Phi) is 8.98. The van der Waals surface area contributed by atoms with E-state index in [1.54, 1.807) is 18.2 Å². The van der Waals surface area contributed by atoms with Gasteiger partial charge < -0.3 is 14.4 Å². The van der Waals surface area contributed by atoms with E-state index in [0.717, 1.165) is 11.1 Å². The van der Waals surface area contributed by atoms with E-state index >= 15 is 0 Å². The molecule has 2 aromatic rings. The Morgan fingerprint density at radius 1 is 1.00 bits per heavy atom. The van der Waals surface area contributed by atoms with Crippen LogP contribution in [0.25, 0.3) is 11.1 Å². The zero-order chi connectivity index (χ0) is 13.2. The minimum Gasteiger partial charge on any atom is -0.810 e. The summed E-state index contributed by atoms with van der Waals surface area (Å²) in [6.45, 7) is 0. The number of benzene rings is 1. The van der Waals surface area contributed by atoms with Crippen molar-refractivity contribution in [3.8, 4) is 11.1 Å². The summed E-state index contributed by atoms with van der Waals surface area (Å²) in [6.07, 6.45) is 0.856. The molecule has 0 aliphatic carbocycles. The van der Waals surface area contributed by atoms with Crippen LogP contribution >= 0.6 is 7.60 Å². The Morgan fingerprint density at radius 2 is 1.55 bits per heavy atom. The molecule has 1 heterocycles. The summed E-state index contributed by atoms with van der Waals surface area (Å²) >= 11 is 0. The quantitative estimate of drug-likeness (QED) is 0.422. The van der Waals surface area contributed by atoms with Crippen molar-refractivity contribution < 1.29 is 77.9 Å². The summed E-state index contributed by atoms with van der Waals surface area (Å²) in [7, 11) is -4.59. The number of halogens is 1. The fourth-order valence-electron chi connectivity index (χ4n) is 1.53. The van der Waals surface area contributed by atoms with Crippen LogP contribution in [0.5, 0.6) is 0 Å². The van der Waals surface area contributed by atoms with Crippen LogP contribution in [0.2, 0.25) is 0 Å². The maximum absolute atomic E-state index is 12.7. The topological polar surface area (TPSA) is 76.1 Å². The van der Waals surface area contributed by atoms with Crippen molar-refractivity contribution in [1.29, 1.82) is 0 Å². The first-order valence-corrected chi connectivity index (χ1v) is 6.89. The second-order valence-electron chi connectivity index (χ2n) is 3.81. The summed E-state index contributed by atoms with van der Waals surface area (Å²) < 4.78 is 23.3. The molecule has 8 heteroatoms. The standard InChI is InChI=1S/C12H11FNO3P.2Na/c13-11-4-1-9(2-5-11)10-3-6-12(14-7-10)8-18(15,16)17;;/h1-7H,8H2,(H2,15,16,17);;/q;2*+1/p-2.